The highest BCUT2D eigenvalue weighted by atomic mass is 127. The van der Waals surface area contributed by atoms with E-state index in [4.69, 9.17) is 0 Å². The van der Waals surface area contributed by atoms with Crippen molar-refractivity contribution in [2.24, 2.45) is 5.92 Å². The van der Waals surface area contributed by atoms with Crippen LogP contribution >= 0.6 is 24.0 Å². The first kappa shape index (κ1) is 15.6. The minimum atomic E-state index is 0. The molecule has 0 radical (unpaired) electrons. The summed E-state index contributed by atoms with van der Waals surface area (Å²) < 4.78 is 0. The molecular formula is C13H23IN2. The quantitative estimate of drug-likeness (QED) is 0.542. The van der Waals surface area contributed by atoms with Gasteiger partial charge in [-0.05, 0) is 12.3 Å². The summed E-state index contributed by atoms with van der Waals surface area (Å²) in [4.78, 5) is 4.67. The molecule has 1 aliphatic heterocycles. The Bertz CT molecular complexity index is 261. The fourth-order valence-corrected chi connectivity index (χ4v) is 1.85. The summed E-state index contributed by atoms with van der Waals surface area (Å²) in [6, 6.07) is 0. The van der Waals surface area contributed by atoms with Gasteiger partial charge < -0.3 is 9.80 Å². The highest BCUT2D eigenvalue weighted by molar-refractivity contribution is 14.0. The molecule has 0 aromatic carbocycles. The lowest BCUT2D eigenvalue weighted by Crippen LogP contribution is -2.28. The molecular weight excluding hydrogens is 311 g/mol. The zero-order chi connectivity index (χ0) is 11.3. The Morgan fingerprint density at radius 1 is 1.38 bits per heavy atom. The lowest BCUT2D eigenvalue weighted by Gasteiger charge is -2.24. The number of allylic oxidation sites excluding steroid dienone is 1. The largest absolute Gasteiger partial charge is 0.355 e. The van der Waals surface area contributed by atoms with Crippen LogP contribution in [-0.2, 0) is 0 Å². The van der Waals surface area contributed by atoms with E-state index in [1.807, 2.05) is 12.2 Å². The van der Waals surface area contributed by atoms with Gasteiger partial charge in [0.15, 0.2) is 0 Å². The van der Waals surface area contributed by atoms with Crippen LogP contribution in [0.4, 0.5) is 0 Å². The molecule has 0 aromatic rings. The number of nitrogens with zero attached hydrogens (tertiary/aromatic N) is 2. The van der Waals surface area contributed by atoms with Crippen molar-refractivity contribution in [3.05, 3.63) is 37.2 Å². The van der Waals surface area contributed by atoms with Crippen LogP contribution in [0.25, 0.3) is 0 Å². The highest BCUT2D eigenvalue weighted by Gasteiger charge is 2.22. The molecule has 2 nitrogen and oxygen atoms in total. The lowest BCUT2D eigenvalue weighted by molar-refractivity contribution is 0.273. The van der Waals surface area contributed by atoms with Crippen molar-refractivity contribution in [2.75, 3.05) is 19.8 Å². The molecule has 0 amide bonds. The van der Waals surface area contributed by atoms with Crippen LogP contribution < -0.4 is 0 Å². The molecule has 0 fully saturated rings. The Labute approximate surface area is 117 Å². The first-order valence-electron chi connectivity index (χ1n) is 5.65. The van der Waals surface area contributed by atoms with Gasteiger partial charge in [0.1, 0.15) is 0 Å². The van der Waals surface area contributed by atoms with Gasteiger partial charge in [-0.1, -0.05) is 26.0 Å². The van der Waals surface area contributed by atoms with Gasteiger partial charge in [0, 0.05) is 25.0 Å². The summed E-state index contributed by atoms with van der Waals surface area (Å²) in [6.45, 7) is 14.9. The van der Waals surface area contributed by atoms with Crippen molar-refractivity contribution in [3.8, 4) is 0 Å². The van der Waals surface area contributed by atoms with Crippen molar-refractivity contribution < 1.29 is 0 Å². The van der Waals surface area contributed by atoms with E-state index in [1.165, 1.54) is 12.1 Å². The third-order valence-electron chi connectivity index (χ3n) is 2.86. The van der Waals surface area contributed by atoms with Gasteiger partial charge in [-0.25, -0.2) is 0 Å². The second-order valence-corrected chi connectivity index (χ2v) is 4.08. The van der Waals surface area contributed by atoms with E-state index in [2.05, 4.69) is 43.0 Å². The van der Waals surface area contributed by atoms with E-state index < -0.39 is 0 Å². The van der Waals surface area contributed by atoms with Crippen LogP contribution in [0.3, 0.4) is 0 Å². The number of hydrogen-bond donors (Lipinski definition) is 0. The average Bonchev–Trinajstić information content (AvgIpc) is 2.61. The molecule has 1 rings (SSSR count). The summed E-state index contributed by atoms with van der Waals surface area (Å²) >= 11 is 0. The van der Waals surface area contributed by atoms with E-state index >= 15 is 0 Å². The Hall–Kier alpha value is -0.450. The smallest absolute Gasteiger partial charge is 0.0902 e. The van der Waals surface area contributed by atoms with Gasteiger partial charge >= 0.3 is 0 Å². The monoisotopic (exact) mass is 334 g/mol. The Balaban J connectivity index is 0.00000225. The van der Waals surface area contributed by atoms with Gasteiger partial charge in [0.2, 0.25) is 0 Å². The molecule has 0 saturated heterocycles. The van der Waals surface area contributed by atoms with E-state index in [0.717, 1.165) is 19.8 Å². The van der Waals surface area contributed by atoms with Crippen LogP contribution in [0.1, 0.15) is 20.3 Å². The van der Waals surface area contributed by atoms with Crippen molar-refractivity contribution in [1.29, 1.82) is 0 Å². The Morgan fingerprint density at radius 3 is 2.50 bits per heavy atom. The fourth-order valence-electron chi connectivity index (χ4n) is 1.85. The van der Waals surface area contributed by atoms with Crippen molar-refractivity contribution >= 4 is 24.0 Å². The molecule has 0 spiro atoms. The zero-order valence-corrected chi connectivity index (χ0v) is 12.7. The third kappa shape index (κ3) is 3.85. The topological polar surface area (TPSA) is 6.48 Å². The van der Waals surface area contributed by atoms with Crippen molar-refractivity contribution in [3.63, 3.8) is 0 Å². The second kappa shape index (κ2) is 7.76. The van der Waals surface area contributed by atoms with Gasteiger partial charge in [0.25, 0.3) is 0 Å². The Kier molecular flexibility index (Phi) is 7.55. The molecule has 0 saturated carbocycles. The molecule has 0 aromatic heterocycles. The molecule has 16 heavy (non-hydrogen) atoms. The Morgan fingerprint density at radius 2 is 2.00 bits per heavy atom. The molecule has 92 valence electrons. The molecule has 1 atom stereocenters. The normalized spacial score (nSPS) is 16.5. The van der Waals surface area contributed by atoms with Gasteiger partial charge in [-0.2, -0.15) is 0 Å². The lowest BCUT2D eigenvalue weighted by atomic mass is 10.1. The molecule has 0 bridgehead atoms. The van der Waals surface area contributed by atoms with E-state index in [1.54, 1.807) is 0 Å². The van der Waals surface area contributed by atoms with Gasteiger partial charge in [-0.15, -0.1) is 37.1 Å². The SMILES string of the molecule is C=CCN1C=C(C(C)CC)N(CC=C)C1.I. The number of rotatable bonds is 6. The molecule has 1 unspecified atom stereocenters. The first-order chi connectivity index (χ1) is 7.22. The van der Waals surface area contributed by atoms with Gasteiger partial charge in [-0.3, -0.25) is 0 Å². The van der Waals surface area contributed by atoms with Crippen LogP contribution in [0.15, 0.2) is 37.2 Å². The van der Waals surface area contributed by atoms with Gasteiger partial charge in [0.05, 0.1) is 6.67 Å². The molecule has 1 heterocycles. The first-order valence-corrected chi connectivity index (χ1v) is 5.65. The number of hydrogen-bond acceptors (Lipinski definition) is 2. The fraction of sp³-hybridized carbons (Fsp3) is 0.538. The molecule has 1 aliphatic rings. The second-order valence-electron chi connectivity index (χ2n) is 4.08. The van der Waals surface area contributed by atoms with Crippen LogP contribution in [-0.4, -0.2) is 29.6 Å². The zero-order valence-electron chi connectivity index (χ0n) is 10.4. The van der Waals surface area contributed by atoms with Crippen molar-refractivity contribution in [2.45, 2.75) is 20.3 Å². The maximum Gasteiger partial charge on any atom is 0.0902 e. The predicted octanol–water partition coefficient (Wildman–Crippen LogP) is 3.44. The minimum Gasteiger partial charge on any atom is -0.355 e. The minimum absolute atomic E-state index is 0. The van der Waals surface area contributed by atoms with Crippen LogP contribution in [0, 0.1) is 5.92 Å². The summed E-state index contributed by atoms with van der Waals surface area (Å²) in [5.74, 6) is 0.625. The molecule has 0 aliphatic carbocycles. The third-order valence-corrected chi connectivity index (χ3v) is 2.86. The summed E-state index contributed by atoms with van der Waals surface area (Å²) in [7, 11) is 0. The molecule has 3 heteroatoms. The summed E-state index contributed by atoms with van der Waals surface area (Å²) in [6.07, 6.45) is 7.36. The molecule has 0 N–H and O–H groups in total. The van der Waals surface area contributed by atoms with E-state index in [9.17, 15) is 0 Å². The highest BCUT2D eigenvalue weighted by Crippen LogP contribution is 2.24. The van der Waals surface area contributed by atoms with Crippen LogP contribution in [0.5, 0.6) is 0 Å². The summed E-state index contributed by atoms with van der Waals surface area (Å²) in [5, 5.41) is 0. The summed E-state index contributed by atoms with van der Waals surface area (Å²) in [5.41, 5.74) is 1.43. The van der Waals surface area contributed by atoms with E-state index in [0.29, 0.717) is 5.92 Å². The standard InChI is InChI=1S/C13H22N2.HI/c1-5-8-14-10-13(12(4)7-3)15(11-14)9-6-2;/h5-6,10,12H,1-2,7-9,11H2,3-4H3;1H. The maximum absolute atomic E-state index is 3.81. The van der Waals surface area contributed by atoms with Crippen molar-refractivity contribution in [1.82, 2.24) is 9.80 Å². The average molecular weight is 334 g/mol. The number of halogens is 1. The van der Waals surface area contributed by atoms with E-state index in [-0.39, 0.29) is 24.0 Å². The van der Waals surface area contributed by atoms with Crippen LogP contribution in [0.2, 0.25) is 0 Å². The predicted molar refractivity (Wildman–Crippen MR) is 81.6 cm³/mol. The maximum atomic E-state index is 3.81.